The molecule has 0 aliphatic carbocycles. The maximum Gasteiger partial charge on any atom is 0.254 e. The highest BCUT2D eigenvalue weighted by molar-refractivity contribution is 7.99. The zero-order chi connectivity index (χ0) is 21.0. The average molecular weight is 416 g/mol. The minimum absolute atomic E-state index is 0.0429. The Morgan fingerprint density at radius 2 is 2.10 bits per heavy atom. The number of benzene rings is 1. The molecule has 156 valence electrons. The topological polar surface area (TPSA) is 80.1 Å². The van der Waals surface area contributed by atoms with Gasteiger partial charge >= 0.3 is 0 Å². The Bertz CT molecular complexity index is 874. The first-order valence-corrected chi connectivity index (χ1v) is 10.9. The Morgan fingerprint density at radius 3 is 2.79 bits per heavy atom. The number of hydrogen-bond acceptors (Lipinski definition) is 5. The molecule has 3 rings (SSSR count). The van der Waals surface area contributed by atoms with Gasteiger partial charge in [-0.3, -0.25) is 9.59 Å². The lowest BCUT2D eigenvalue weighted by atomic mass is 9.87. The molecular formula is C21H29N5O2S. The van der Waals surface area contributed by atoms with Crippen molar-refractivity contribution in [1.29, 1.82) is 0 Å². The van der Waals surface area contributed by atoms with E-state index >= 15 is 0 Å². The largest absolute Gasteiger partial charge is 0.336 e. The first-order chi connectivity index (χ1) is 13.7. The van der Waals surface area contributed by atoms with Crippen molar-refractivity contribution in [2.45, 2.75) is 51.2 Å². The number of thioether (sulfide) groups is 1. The molecule has 2 heterocycles. The third kappa shape index (κ3) is 5.82. The van der Waals surface area contributed by atoms with E-state index in [1.807, 2.05) is 24.1 Å². The third-order valence-electron chi connectivity index (χ3n) is 4.88. The van der Waals surface area contributed by atoms with Gasteiger partial charge in [0.15, 0.2) is 5.16 Å². The third-order valence-corrected chi connectivity index (χ3v) is 5.92. The van der Waals surface area contributed by atoms with E-state index in [1.165, 1.54) is 11.8 Å². The summed E-state index contributed by atoms with van der Waals surface area (Å²) in [5, 5.41) is 11.3. The number of aromatic nitrogens is 3. The number of carbonyl (C=O) groups excluding carboxylic acids is 2. The van der Waals surface area contributed by atoms with E-state index in [-0.39, 0.29) is 29.0 Å². The molecule has 0 saturated carbocycles. The Labute approximate surface area is 176 Å². The number of carbonyl (C=O) groups is 2. The zero-order valence-corrected chi connectivity index (χ0v) is 18.3. The maximum atomic E-state index is 13.1. The van der Waals surface area contributed by atoms with Gasteiger partial charge in [0.05, 0.1) is 5.75 Å². The first-order valence-electron chi connectivity index (χ1n) is 9.90. The van der Waals surface area contributed by atoms with Crippen LogP contribution in [0.1, 0.15) is 50.4 Å². The molecule has 0 spiro atoms. The van der Waals surface area contributed by atoms with E-state index in [0.717, 1.165) is 25.8 Å². The monoisotopic (exact) mass is 415 g/mol. The summed E-state index contributed by atoms with van der Waals surface area (Å²) >= 11 is 1.32. The number of hydrogen-bond donors (Lipinski definition) is 1. The van der Waals surface area contributed by atoms with Crippen LogP contribution in [0, 0.1) is 5.41 Å². The number of nitrogens with zero attached hydrogens (tertiary/aromatic N) is 4. The van der Waals surface area contributed by atoms with Gasteiger partial charge in [0, 0.05) is 30.9 Å². The van der Waals surface area contributed by atoms with Crippen molar-refractivity contribution < 1.29 is 9.59 Å². The highest BCUT2D eigenvalue weighted by atomic mass is 32.2. The predicted octanol–water partition coefficient (Wildman–Crippen LogP) is 3.59. The minimum atomic E-state index is -0.144. The van der Waals surface area contributed by atoms with Gasteiger partial charge in [0.2, 0.25) is 5.91 Å². The van der Waals surface area contributed by atoms with Gasteiger partial charge in [-0.05, 0) is 42.9 Å². The lowest BCUT2D eigenvalue weighted by Crippen LogP contribution is -2.37. The number of anilines is 1. The van der Waals surface area contributed by atoms with Gasteiger partial charge in [-0.15, -0.1) is 10.2 Å². The fourth-order valence-electron chi connectivity index (χ4n) is 3.65. The Morgan fingerprint density at radius 1 is 1.31 bits per heavy atom. The van der Waals surface area contributed by atoms with Crippen LogP contribution in [0.25, 0.3) is 0 Å². The summed E-state index contributed by atoms with van der Waals surface area (Å²) in [5.41, 5.74) is 1.43. The van der Waals surface area contributed by atoms with Gasteiger partial charge in [-0.25, -0.2) is 0 Å². The molecule has 29 heavy (non-hydrogen) atoms. The van der Waals surface area contributed by atoms with Gasteiger partial charge in [0.1, 0.15) is 6.33 Å². The average Bonchev–Trinajstić information content (AvgIpc) is 3.27. The molecule has 1 N–H and O–H groups in total. The van der Waals surface area contributed by atoms with E-state index < -0.39 is 0 Å². The van der Waals surface area contributed by atoms with Crippen molar-refractivity contribution in [2.24, 2.45) is 12.5 Å². The molecule has 0 radical (unpaired) electrons. The summed E-state index contributed by atoms with van der Waals surface area (Å²) < 4.78 is 1.77. The molecule has 8 heteroatoms. The van der Waals surface area contributed by atoms with Crippen molar-refractivity contribution in [3.63, 3.8) is 0 Å². The highest BCUT2D eigenvalue weighted by Crippen LogP contribution is 2.31. The Balaban J connectivity index is 1.62. The molecule has 1 saturated heterocycles. The SMILES string of the molecule is Cn1cnnc1SCC(=O)Nc1cccc(C(=O)N2CCCC2CC(C)(C)C)c1. The van der Waals surface area contributed by atoms with Crippen molar-refractivity contribution in [3.05, 3.63) is 36.2 Å². The lowest BCUT2D eigenvalue weighted by molar-refractivity contribution is -0.113. The predicted molar refractivity (Wildman–Crippen MR) is 115 cm³/mol. The Hall–Kier alpha value is -2.35. The van der Waals surface area contributed by atoms with Crippen LogP contribution in [0.15, 0.2) is 35.7 Å². The van der Waals surface area contributed by atoms with Crippen LogP contribution in [-0.4, -0.2) is 49.8 Å². The maximum absolute atomic E-state index is 13.1. The van der Waals surface area contributed by atoms with Crippen LogP contribution in [0.4, 0.5) is 5.69 Å². The molecule has 1 aromatic carbocycles. The molecule has 7 nitrogen and oxygen atoms in total. The normalized spacial score (nSPS) is 16.8. The van der Waals surface area contributed by atoms with E-state index in [2.05, 4.69) is 36.3 Å². The summed E-state index contributed by atoms with van der Waals surface area (Å²) in [6.07, 6.45) is 4.69. The molecule has 1 aliphatic rings. The Kier molecular flexibility index (Phi) is 6.62. The van der Waals surface area contributed by atoms with E-state index in [0.29, 0.717) is 16.4 Å². The molecule has 0 bridgehead atoms. The fraction of sp³-hybridized carbons (Fsp3) is 0.524. The van der Waals surface area contributed by atoms with Crippen LogP contribution in [0.5, 0.6) is 0 Å². The van der Waals surface area contributed by atoms with Crippen molar-refractivity contribution in [1.82, 2.24) is 19.7 Å². The molecule has 1 atom stereocenters. The molecule has 2 amide bonds. The van der Waals surface area contributed by atoms with Crippen LogP contribution >= 0.6 is 11.8 Å². The van der Waals surface area contributed by atoms with Gasteiger partial charge in [0.25, 0.3) is 5.91 Å². The molecular weight excluding hydrogens is 386 g/mol. The van der Waals surface area contributed by atoms with Gasteiger partial charge in [-0.2, -0.15) is 0 Å². The number of amides is 2. The molecule has 1 unspecified atom stereocenters. The molecule has 1 aliphatic heterocycles. The second-order valence-corrected chi connectivity index (χ2v) is 9.64. The van der Waals surface area contributed by atoms with Crippen molar-refractivity contribution in [3.8, 4) is 0 Å². The molecule has 1 fully saturated rings. The standard InChI is InChI=1S/C21H29N5O2S/c1-21(2,3)12-17-9-6-10-26(17)19(28)15-7-5-8-16(11-15)23-18(27)13-29-20-24-22-14-25(20)4/h5,7-8,11,14,17H,6,9-10,12-13H2,1-4H3,(H,23,27). The second kappa shape index (κ2) is 8.98. The summed E-state index contributed by atoms with van der Waals surface area (Å²) in [6.45, 7) is 7.43. The van der Waals surface area contributed by atoms with Gasteiger partial charge < -0.3 is 14.8 Å². The first kappa shape index (κ1) is 21.4. The number of nitrogens with one attached hydrogen (secondary N) is 1. The molecule has 2 aromatic rings. The summed E-state index contributed by atoms with van der Waals surface area (Å²) in [4.78, 5) is 27.4. The van der Waals surface area contributed by atoms with Crippen molar-refractivity contribution in [2.75, 3.05) is 17.6 Å². The van der Waals surface area contributed by atoms with Crippen molar-refractivity contribution >= 4 is 29.3 Å². The smallest absolute Gasteiger partial charge is 0.254 e. The fourth-order valence-corrected chi connectivity index (χ4v) is 4.34. The van der Waals surface area contributed by atoms with Crippen LogP contribution < -0.4 is 5.32 Å². The number of likely N-dealkylation sites (tertiary alicyclic amines) is 1. The van der Waals surface area contributed by atoms with E-state index in [1.54, 1.807) is 23.0 Å². The quantitative estimate of drug-likeness (QED) is 0.730. The van der Waals surface area contributed by atoms with Crippen LogP contribution in [0.2, 0.25) is 0 Å². The minimum Gasteiger partial charge on any atom is -0.336 e. The van der Waals surface area contributed by atoms with Crippen LogP contribution in [0.3, 0.4) is 0 Å². The summed E-state index contributed by atoms with van der Waals surface area (Å²) in [7, 11) is 1.83. The van der Waals surface area contributed by atoms with Gasteiger partial charge in [-0.1, -0.05) is 38.6 Å². The van der Waals surface area contributed by atoms with Crippen LogP contribution in [-0.2, 0) is 11.8 Å². The summed E-state index contributed by atoms with van der Waals surface area (Å²) in [6, 6.07) is 7.48. The zero-order valence-electron chi connectivity index (χ0n) is 17.5. The number of rotatable bonds is 6. The number of aryl methyl sites for hydroxylation is 1. The summed E-state index contributed by atoms with van der Waals surface area (Å²) in [5.74, 6) is 0.125. The van der Waals surface area contributed by atoms with E-state index in [9.17, 15) is 9.59 Å². The van der Waals surface area contributed by atoms with E-state index in [4.69, 9.17) is 0 Å². The second-order valence-electron chi connectivity index (χ2n) is 8.70. The highest BCUT2D eigenvalue weighted by Gasteiger charge is 2.32. The molecule has 1 aromatic heterocycles. The lowest BCUT2D eigenvalue weighted by Gasteiger charge is -2.30.